The molecule has 1 aromatic carbocycles. The number of morpholine rings is 1. The predicted molar refractivity (Wildman–Crippen MR) is 78.5 cm³/mol. The SMILES string of the molecule is Clc1cccc(Cl)c1OCCCCN1CCOCC1. The zero-order valence-corrected chi connectivity index (χ0v) is 12.4. The van der Waals surface area contributed by atoms with Crippen molar-refractivity contribution in [2.75, 3.05) is 39.5 Å². The number of unbranched alkanes of at least 4 members (excludes halogenated alkanes) is 1. The summed E-state index contributed by atoms with van der Waals surface area (Å²) in [5.74, 6) is 0.595. The highest BCUT2D eigenvalue weighted by Crippen LogP contribution is 2.32. The average molecular weight is 304 g/mol. The van der Waals surface area contributed by atoms with Gasteiger partial charge in [-0.3, -0.25) is 4.90 Å². The topological polar surface area (TPSA) is 21.7 Å². The maximum absolute atomic E-state index is 6.03. The molecule has 1 aliphatic rings. The van der Waals surface area contributed by atoms with Gasteiger partial charge in [-0.15, -0.1) is 0 Å². The summed E-state index contributed by atoms with van der Waals surface area (Å²) in [5, 5.41) is 1.14. The normalized spacial score (nSPS) is 16.5. The van der Waals surface area contributed by atoms with Crippen LogP contribution in [0.15, 0.2) is 18.2 Å². The van der Waals surface area contributed by atoms with Crippen LogP contribution in [0.2, 0.25) is 10.0 Å². The van der Waals surface area contributed by atoms with Crippen LogP contribution >= 0.6 is 23.2 Å². The van der Waals surface area contributed by atoms with E-state index >= 15 is 0 Å². The van der Waals surface area contributed by atoms with E-state index in [0.29, 0.717) is 22.4 Å². The number of nitrogens with zero attached hydrogens (tertiary/aromatic N) is 1. The van der Waals surface area contributed by atoms with Crippen molar-refractivity contribution in [1.82, 2.24) is 4.90 Å². The minimum Gasteiger partial charge on any atom is -0.490 e. The van der Waals surface area contributed by atoms with E-state index in [2.05, 4.69) is 4.90 Å². The molecule has 0 spiro atoms. The van der Waals surface area contributed by atoms with Crippen LogP contribution in [0.3, 0.4) is 0 Å². The van der Waals surface area contributed by atoms with Crippen molar-refractivity contribution in [3.63, 3.8) is 0 Å². The minimum atomic E-state index is 0.570. The molecule has 1 aromatic rings. The van der Waals surface area contributed by atoms with E-state index in [1.165, 1.54) is 0 Å². The number of hydrogen-bond donors (Lipinski definition) is 0. The summed E-state index contributed by atoms with van der Waals surface area (Å²) in [6, 6.07) is 5.39. The second-order valence-corrected chi connectivity index (χ2v) is 5.37. The molecule has 1 aliphatic heterocycles. The second-order valence-electron chi connectivity index (χ2n) is 4.56. The molecule has 0 N–H and O–H groups in total. The molecular weight excluding hydrogens is 285 g/mol. The van der Waals surface area contributed by atoms with Gasteiger partial charge in [-0.25, -0.2) is 0 Å². The molecule has 0 saturated carbocycles. The molecule has 0 aromatic heterocycles. The van der Waals surface area contributed by atoms with Gasteiger partial charge in [0, 0.05) is 13.1 Å². The molecule has 0 radical (unpaired) electrons. The molecule has 19 heavy (non-hydrogen) atoms. The van der Waals surface area contributed by atoms with Gasteiger partial charge in [0.2, 0.25) is 0 Å². The first-order chi connectivity index (χ1) is 9.27. The Bertz CT molecular complexity index is 375. The minimum absolute atomic E-state index is 0.570. The van der Waals surface area contributed by atoms with E-state index in [9.17, 15) is 0 Å². The Kier molecular flexibility index (Phi) is 6.24. The van der Waals surface area contributed by atoms with Gasteiger partial charge >= 0.3 is 0 Å². The van der Waals surface area contributed by atoms with Gasteiger partial charge in [-0.05, 0) is 31.5 Å². The largest absolute Gasteiger partial charge is 0.490 e. The number of para-hydroxylation sites is 1. The van der Waals surface area contributed by atoms with E-state index < -0.39 is 0 Å². The molecule has 0 bridgehead atoms. The highest BCUT2D eigenvalue weighted by Gasteiger charge is 2.10. The summed E-state index contributed by atoms with van der Waals surface area (Å²) in [4.78, 5) is 2.42. The van der Waals surface area contributed by atoms with E-state index in [1.807, 2.05) is 6.07 Å². The highest BCUT2D eigenvalue weighted by molar-refractivity contribution is 6.37. The average Bonchev–Trinajstić information content (AvgIpc) is 2.42. The Balaban J connectivity index is 1.63. The van der Waals surface area contributed by atoms with Crippen LogP contribution in [0.25, 0.3) is 0 Å². The molecule has 0 amide bonds. The van der Waals surface area contributed by atoms with Crippen molar-refractivity contribution in [3.8, 4) is 5.75 Å². The Morgan fingerprint density at radius 1 is 1.11 bits per heavy atom. The van der Waals surface area contributed by atoms with Crippen molar-refractivity contribution < 1.29 is 9.47 Å². The van der Waals surface area contributed by atoms with Gasteiger partial charge in [0.1, 0.15) is 0 Å². The fraction of sp³-hybridized carbons (Fsp3) is 0.571. The molecule has 0 atom stereocenters. The van der Waals surface area contributed by atoms with Crippen LogP contribution in [0.4, 0.5) is 0 Å². The lowest BCUT2D eigenvalue weighted by Crippen LogP contribution is -2.36. The zero-order chi connectivity index (χ0) is 13.5. The predicted octanol–water partition coefficient (Wildman–Crippen LogP) is 3.48. The van der Waals surface area contributed by atoms with Crippen molar-refractivity contribution in [1.29, 1.82) is 0 Å². The third kappa shape index (κ3) is 4.84. The molecule has 2 rings (SSSR count). The Hall–Kier alpha value is -0.480. The summed E-state index contributed by atoms with van der Waals surface area (Å²) in [5.41, 5.74) is 0. The number of benzene rings is 1. The summed E-state index contributed by atoms with van der Waals surface area (Å²) >= 11 is 12.1. The van der Waals surface area contributed by atoms with Crippen molar-refractivity contribution >= 4 is 23.2 Å². The maximum atomic E-state index is 6.03. The van der Waals surface area contributed by atoms with Gasteiger partial charge in [0.05, 0.1) is 29.9 Å². The highest BCUT2D eigenvalue weighted by atomic mass is 35.5. The van der Waals surface area contributed by atoms with E-state index in [4.69, 9.17) is 32.7 Å². The van der Waals surface area contributed by atoms with Gasteiger partial charge < -0.3 is 9.47 Å². The van der Waals surface area contributed by atoms with Crippen LogP contribution in [-0.4, -0.2) is 44.4 Å². The lowest BCUT2D eigenvalue weighted by molar-refractivity contribution is 0.0368. The summed E-state index contributed by atoms with van der Waals surface area (Å²) in [6.45, 7) is 5.53. The van der Waals surface area contributed by atoms with Crippen LogP contribution in [-0.2, 0) is 4.74 Å². The smallest absolute Gasteiger partial charge is 0.156 e. The van der Waals surface area contributed by atoms with Gasteiger partial charge in [0.25, 0.3) is 0 Å². The standard InChI is InChI=1S/C14H19Cl2NO2/c15-12-4-3-5-13(16)14(12)19-9-2-1-6-17-7-10-18-11-8-17/h3-5H,1-2,6-11H2. The van der Waals surface area contributed by atoms with E-state index in [1.54, 1.807) is 12.1 Å². The van der Waals surface area contributed by atoms with Gasteiger partial charge in [-0.2, -0.15) is 0 Å². The van der Waals surface area contributed by atoms with Crippen molar-refractivity contribution in [2.24, 2.45) is 0 Å². The van der Waals surface area contributed by atoms with Crippen LogP contribution in [0, 0.1) is 0 Å². The van der Waals surface area contributed by atoms with Gasteiger partial charge in [-0.1, -0.05) is 29.3 Å². The summed E-state index contributed by atoms with van der Waals surface area (Å²) < 4.78 is 11.0. The molecular formula is C14H19Cl2NO2. The lowest BCUT2D eigenvalue weighted by atomic mass is 10.3. The number of halogens is 2. The van der Waals surface area contributed by atoms with Crippen LogP contribution in [0.5, 0.6) is 5.75 Å². The zero-order valence-electron chi connectivity index (χ0n) is 10.9. The van der Waals surface area contributed by atoms with E-state index in [-0.39, 0.29) is 0 Å². The van der Waals surface area contributed by atoms with E-state index in [0.717, 1.165) is 45.7 Å². The van der Waals surface area contributed by atoms with Crippen LogP contribution in [0.1, 0.15) is 12.8 Å². The quantitative estimate of drug-likeness (QED) is 0.751. The number of hydrogen-bond acceptors (Lipinski definition) is 3. The Labute approximate surface area is 124 Å². The van der Waals surface area contributed by atoms with Crippen molar-refractivity contribution in [3.05, 3.63) is 28.2 Å². The number of rotatable bonds is 6. The first-order valence-electron chi connectivity index (χ1n) is 6.64. The molecule has 0 unspecified atom stereocenters. The molecule has 3 nitrogen and oxygen atoms in total. The third-order valence-corrected chi connectivity index (χ3v) is 3.73. The van der Waals surface area contributed by atoms with Crippen molar-refractivity contribution in [2.45, 2.75) is 12.8 Å². The molecule has 1 heterocycles. The first kappa shape index (κ1) is 14.9. The molecule has 5 heteroatoms. The molecule has 1 fully saturated rings. The molecule has 0 aliphatic carbocycles. The second kappa shape index (κ2) is 7.95. The monoisotopic (exact) mass is 303 g/mol. The fourth-order valence-electron chi connectivity index (χ4n) is 2.06. The Morgan fingerprint density at radius 2 is 1.79 bits per heavy atom. The molecule has 106 valence electrons. The third-order valence-electron chi connectivity index (χ3n) is 3.14. The maximum Gasteiger partial charge on any atom is 0.156 e. The van der Waals surface area contributed by atoms with Gasteiger partial charge in [0.15, 0.2) is 5.75 Å². The Morgan fingerprint density at radius 3 is 2.47 bits per heavy atom. The molecule has 1 saturated heterocycles. The summed E-state index contributed by atoms with van der Waals surface area (Å²) in [6.07, 6.45) is 2.11. The summed E-state index contributed by atoms with van der Waals surface area (Å²) in [7, 11) is 0. The number of ether oxygens (including phenoxy) is 2. The lowest BCUT2D eigenvalue weighted by Gasteiger charge is -2.26. The van der Waals surface area contributed by atoms with Crippen LogP contribution < -0.4 is 4.74 Å². The fourth-order valence-corrected chi connectivity index (χ4v) is 2.56. The first-order valence-corrected chi connectivity index (χ1v) is 7.40.